The van der Waals surface area contributed by atoms with E-state index in [0.717, 1.165) is 16.5 Å². The molecular formula is C18H24N2O4. The fourth-order valence-corrected chi connectivity index (χ4v) is 2.32. The lowest BCUT2D eigenvalue weighted by molar-refractivity contribution is -0.154. The van der Waals surface area contributed by atoms with Gasteiger partial charge in [0, 0.05) is 11.6 Å². The van der Waals surface area contributed by atoms with Crippen molar-refractivity contribution in [3.8, 4) is 0 Å². The Hall–Kier alpha value is -2.37. The number of hydrogen-bond donors (Lipinski definition) is 0. The van der Waals surface area contributed by atoms with E-state index >= 15 is 0 Å². The molecule has 6 heteroatoms. The molecular weight excluding hydrogens is 308 g/mol. The van der Waals surface area contributed by atoms with Gasteiger partial charge in [-0.05, 0) is 52.3 Å². The van der Waals surface area contributed by atoms with E-state index in [9.17, 15) is 9.59 Å². The van der Waals surface area contributed by atoms with E-state index in [-0.39, 0.29) is 18.4 Å². The molecule has 130 valence electrons. The van der Waals surface area contributed by atoms with Crippen molar-refractivity contribution in [3.63, 3.8) is 0 Å². The number of carbonyl (C=O) groups is 2. The van der Waals surface area contributed by atoms with Crippen LogP contribution in [0, 0.1) is 0 Å². The second-order valence-electron chi connectivity index (χ2n) is 6.69. The van der Waals surface area contributed by atoms with Gasteiger partial charge in [-0.3, -0.25) is 9.48 Å². The van der Waals surface area contributed by atoms with Crippen LogP contribution in [-0.4, -0.2) is 33.9 Å². The van der Waals surface area contributed by atoms with Crippen LogP contribution in [-0.2, 0) is 25.5 Å². The van der Waals surface area contributed by atoms with E-state index in [1.807, 2.05) is 39.0 Å². The van der Waals surface area contributed by atoms with Gasteiger partial charge in [0.15, 0.2) is 0 Å². The quantitative estimate of drug-likeness (QED) is 0.787. The van der Waals surface area contributed by atoms with E-state index in [2.05, 4.69) is 5.10 Å². The van der Waals surface area contributed by atoms with Crippen molar-refractivity contribution >= 4 is 22.8 Å². The molecule has 1 heterocycles. The molecule has 0 saturated carbocycles. The first-order chi connectivity index (χ1) is 11.2. The number of hydrogen-bond acceptors (Lipinski definition) is 5. The maximum atomic E-state index is 11.9. The van der Waals surface area contributed by atoms with Crippen LogP contribution in [0.4, 0.5) is 0 Å². The van der Waals surface area contributed by atoms with Gasteiger partial charge in [-0.1, -0.05) is 6.07 Å². The summed E-state index contributed by atoms with van der Waals surface area (Å²) in [7, 11) is 0. The Morgan fingerprint density at radius 1 is 1.29 bits per heavy atom. The van der Waals surface area contributed by atoms with Crippen LogP contribution in [0.25, 0.3) is 10.9 Å². The Morgan fingerprint density at radius 2 is 2.00 bits per heavy atom. The van der Waals surface area contributed by atoms with E-state index in [4.69, 9.17) is 9.47 Å². The summed E-state index contributed by atoms with van der Waals surface area (Å²) in [6, 6.07) is 5.08. The summed E-state index contributed by atoms with van der Waals surface area (Å²) in [6.45, 7) is 9.38. The molecule has 1 aromatic carbocycles. The van der Waals surface area contributed by atoms with Crippen molar-refractivity contribution in [2.45, 2.75) is 52.7 Å². The maximum Gasteiger partial charge on any atom is 0.330 e. The number of ether oxygens (including phenoxy) is 2. The molecule has 1 atom stereocenters. The number of fused-ring (bicyclic) bond motifs is 1. The van der Waals surface area contributed by atoms with Gasteiger partial charge in [0.1, 0.15) is 11.6 Å². The molecule has 0 amide bonds. The molecule has 24 heavy (non-hydrogen) atoms. The van der Waals surface area contributed by atoms with Gasteiger partial charge in [-0.25, -0.2) is 4.79 Å². The molecule has 0 aliphatic carbocycles. The predicted octanol–water partition coefficient (Wildman–Crippen LogP) is 3.04. The third-order valence-corrected chi connectivity index (χ3v) is 3.38. The lowest BCUT2D eigenvalue weighted by Gasteiger charge is -2.19. The summed E-state index contributed by atoms with van der Waals surface area (Å²) in [4.78, 5) is 23.8. The second-order valence-corrected chi connectivity index (χ2v) is 6.69. The molecule has 0 N–H and O–H groups in total. The third-order valence-electron chi connectivity index (χ3n) is 3.38. The lowest BCUT2D eigenvalue weighted by Crippen LogP contribution is -2.24. The smallest absolute Gasteiger partial charge is 0.330 e. The number of nitrogens with zero attached hydrogens (tertiary/aromatic N) is 2. The molecule has 0 aliphatic heterocycles. The van der Waals surface area contributed by atoms with Crippen molar-refractivity contribution in [1.29, 1.82) is 0 Å². The Bertz CT molecular complexity index is 743. The lowest BCUT2D eigenvalue weighted by atomic mass is 10.1. The van der Waals surface area contributed by atoms with Gasteiger partial charge >= 0.3 is 11.9 Å². The summed E-state index contributed by atoms with van der Waals surface area (Å²) in [6.07, 6.45) is 1.99. The minimum absolute atomic E-state index is 0.200. The van der Waals surface area contributed by atoms with Crippen LogP contribution in [0.3, 0.4) is 0 Å². The minimum Gasteiger partial charge on any atom is -0.464 e. The van der Waals surface area contributed by atoms with Crippen molar-refractivity contribution in [3.05, 3.63) is 30.0 Å². The number of esters is 2. The van der Waals surface area contributed by atoms with Gasteiger partial charge in [-0.2, -0.15) is 5.10 Å². The molecule has 0 aliphatic rings. The SMILES string of the molecule is CCOC(=O)C(C)n1cc2cc(CC(=O)OC(C)(C)C)ccc2n1. The van der Waals surface area contributed by atoms with Gasteiger partial charge < -0.3 is 9.47 Å². The van der Waals surface area contributed by atoms with Gasteiger partial charge in [-0.15, -0.1) is 0 Å². The van der Waals surface area contributed by atoms with E-state index < -0.39 is 11.6 Å². The average Bonchev–Trinajstić information content (AvgIpc) is 2.87. The molecule has 2 aromatic rings. The summed E-state index contributed by atoms with van der Waals surface area (Å²) in [5.41, 5.74) is 1.11. The largest absolute Gasteiger partial charge is 0.464 e. The summed E-state index contributed by atoms with van der Waals surface area (Å²) >= 11 is 0. The van der Waals surface area contributed by atoms with E-state index in [1.165, 1.54) is 0 Å². The molecule has 0 bridgehead atoms. The molecule has 0 spiro atoms. The Kier molecular flexibility index (Phi) is 5.26. The maximum absolute atomic E-state index is 11.9. The number of rotatable bonds is 5. The molecule has 1 aromatic heterocycles. The Balaban J connectivity index is 2.17. The van der Waals surface area contributed by atoms with Gasteiger partial charge in [0.2, 0.25) is 0 Å². The number of benzene rings is 1. The number of carbonyl (C=O) groups excluding carboxylic acids is 2. The van der Waals surface area contributed by atoms with Crippen LogP contribution in [0.1, 0.15) is 46.2 Å². The van der Waals surface area contributed by atoms with E-state index in [1.54, 1.807) is 24.7 Å². The van der Waals surface area contributed by atoms with Crippen molar-refractivity contribution in [1.82, 2.24) is 9.78 Å². The van der Waals surface area contributed by atoms with Crippen LogP contribution >= 0.6 is 0 Å². The molecule has 1 unspecified atom stereocenters. The Morgan fingerprint density at radius 3 is 2.62 bits per heavy atom. The second kappa shape index (κ2) is 7.03. The fourth-order valence-electron chi connectivity index (χ4n) is 2.32. The highest BCUT2D eigenvalue weighted by Crippen LogP contribution is 2.19. The first kappa shape index (κ1) is 18.0. The summed E-state index contributed by atoms with van der Waals surface area (Å²) < 4.78 is 11.9. The van der Waals surface area contributed by atoms with Crippen LogP contribution in [0.5, 0.6) is 0 Å². The van der Waals surface area contributed by atoms with Crippen molar-refractivity contribution < 1.29 is 19.1 Å². The molecule has 2 rings (SSSR count). The normalized spacial score (nSPS) is 12.9. The summed E-state index contributed by atoms with van der Waals surface area (Å²) in [5.74, 6) is -0.589. The zero-order chi connectivity index (χ0) is 17.9. The van der Waals surface area contributed by atoms with Crippen molar-refractivity contribution in [2.24, 2.45) is 0 Å². The highest BCUT2D eigenvalue weighted by Gasteiger charge is 2.19. The predicted molar refractivity (Wildman–Crippen MR) is 90.6 cm³/mol. The van der Waals surface area contributed by atoms with Gasteiger partial charge in [0.25, 0.3) is 0 Å². The van der Waals surface area contributed by atoms with E-state index in [0.29, 0.717) is 6.61 Å². The molecule has 6 nitrogen and oxygen atoms in total. The average molecular weight is 332 g/mol. The molecule has 0 radical (unpaired) electrons. The topological polar surface area (TPSA) is 70.4 Å². The highest BCUT2D eigenvalue weighted by molar-refractivity contribution is 5.82. The first-order valence-corrected chi connectivity index (χ1v) is 8.06. The molecule has 0 saturated heterocycles. The van der Waals surface area contributed by atoms with Crippen molar-refractivity contribution in [2.75, 3.05) is 6.61 Å². The third kappa shape index (κ3) is 4.57. The van der Waals surface area contributed by atoms with Gasteiger partial charge in [0.05, 0.1) is 18.5 Å². The highest BCUT2D eigenvalue weighted by atomic mass is 16.6. The molecule has 0 fully saturated rings. The van der Waals surface area contributed by atoms with Crippen LogP contribution < -0.4 is 0 Å². The summed E-state index contributed by atoms with van der Waals surface area (Å²) in [5, 5.41) is 5.26. The van der Waals surface area contributed by atoms with Crippen LogP contribution in [0.2, 0.25) is 0 Å². The van der Waals surface area contributed by atoms with Crippen LogP contribution in [0.15, 0.2) is 24.4 Å². The minimum atomic E-state index is -0.499. The first-order valence-electron chi connectivity index (χ1n) is 8.06. The fraction of sp³-hybridized carbons (Fsp3) is 0.500. The zero-order valence-electron chi connectivity index (χ0n) is 14.8. The Labute approximate surface area is 141 Å². The zero-order valence-corrected chi connectivity index (χ0v) is 14.8. The monoisotopic (exact) mass is 332 g/mol. The standard InChI is InChI=1S/C18H24N2O4/c1-6-23-17(22)12(2)20-11-14-9-13(7-8-15(14)19-20)10-16(21)24-18(3,4)5/h7-9,11-12H,6,10H2,1-5H3. The number of aromatic nitrogens is 2.